The van der Waals surface area contributed by atoms with Crippen LogP contribution in [0.3, 0.4) is 0 Å². The largest absolute Gasteiger partial charge is 0.457 e. The average molecular weight is 380 g/mol. The molecule has 0 aliphatic carbocycles. The van der Waals surface area contributed by atoms with E-state index in [0.717, 1.165) is 16.5 Å². The van der Waals surface area contributed by atoms with Crippen molar-refractivity contribution in [1.82, 2.24) is 0 Å². The van der Waals surface area contributed by atoms with Crippen molar-refractivity contribution in [2.75, 3.05) is 7.11 Å². The first-order valence-electron chi connectivity index (χ1n) is 9.21. The van der Waals surface area contributed by atoms with Crippen molar-refractivity contribution in [3.63, 3.8) is 0 Å². The molecule has 2 aromatic carbocycles. The van der Waals surface area contributed by atoms with Crippen molar-refractivity contribution in [3.05, 3.63) is 80.7 Å². The molecule has 0 unspecified atom stereocenters. The highest BCUT2D eigenvalue weighted by Gasteiger charge is 2.14. The summed E-state index contributed by atoms with van der Waals surface area (Å²) in [5.74, 6) is -0.112. The van der Waals surface area contributed by atoms with E-state index in [1.807, 2.05) is 31.2 Å². The summed E-state index contributed by atoms with van der Waals surface area (Å²) in [6.45, 7) is 6.70. The van der Waals surface area contributed by atoms with E-state index in [9.17, 15) is 9.59 Å². The Morgan fingerprint density at radius 2 is 1.79 bits per heavy atom. The standard InChI is InChI=1S/C23H24O5/c1-14(2)19-11-20-18(10-22(24)28-21(20)9-15(19)3)13-27-23(25)17-7-5-16(6-8-17)12-26-4/h5-11,14H,12-13H2,1-4H3. The van der Waals surface area contributed by atoms with E-state index in [1.54, 1.807) is 19.2 Å². The van der Waals surface area contributed by atoms with Crippen LogP contribution in [-0.2, 0) is 22.7 Å². The summed E-state index contributed by atoms with van der Waals surface area (Å²) in [4.78, 5) is 24.3. The lowest BCUT2D eigenvalue weighted by Crippen LogP contribution is -2.08. The molecule has 0 aliphatic rings. The Morgan fingerprint density at radius 3 is 2.43 bits per heavy atom. The molecule has 0 radical (unpaired) electrons. The first kappa shape index (κ1) is 19.8. The van der Waals surface area contributed by atoms with Gasteiger partial charge >= 0.3 is 11.6 Å². The highest BCUT2D eigenvalue weighted by molar-refractivity contribution is 5.89. The summed E-state index contributed by atoms with van der Waals surface area (Å²) in [7, 11) is 1.62. The maximum Gasteiger partial charge on any atom is 0.338 e. The lowest BCUT2D eigenvalue weighted by Gasteiger charge is -2.13. The maximum absolute atomic E-state index is 12.4. The fourth-order valence-corrected chi connectivity index (χ4v) is 3.26. The number of carbonyl (C=O) groups excluding carboxylic acids is 1. The Balaban J connectivity index is 1.86. The molecule has 3 rings (SSSR count). The normalized spacial score (nSPS) is 11.2. The van der Waals surface area contributed by atoms with E-state index in [1.165, 1.54) is 11.6 Å². The van der Waals surface area contributed by atoms with Crippen LogP contribution in [0.15, 0.2) is 51.7 Å². The molecule has 0 bridgehead atoms. The highest BCUT2D eigenvalue weighted by Crippen LogP contribution is 2.27. The van der Waals surface area contributed by atoms with Gasteiger partial charge in [0, 0.05) is 24.1 Å². The van der Waals surface area contributed by atoms with Crippen LogP contribution < -0.4 is 5.63 Å². The van der Waals surface area contributed by atoms with E-state index in [0.29, 0.717) is 29.2 Å². The summed E-state index contributed by atoms with van der Waals surface area (Å²) >= 11 is 0. The van der Waals surface area contributed by atoms with Crippen LogP contribution in [0.1, 0.15) is 52.4 Å². The third kappa shape index (κ3) is 4.31. The summed E-state index contributed by atoms with van der Waals surface area (Å²) in [6, 6.07) is 12.3. The minimum Gasteiger partial charge on any atom is -0.457 e. The van der Waals surface area contributed by atoms with Crippen molar-refractivity contribution in [1.29, 1.82) is 0 Å². The zero-order valence-electron chi connectivity index (χ0n) is 16.6. The van der Waals surface area contributed by atoms with Crippen LogP contribution in [0.5, 0.6) is 0 Å². The second-order valence-corrected chi connectivity index (χ2v) is 7.16. The number of aryl methyl sites for hydroxylation is 1. The van der Waals surface area contributed by atoms with E-state index in [2.05, 4.69) is 13.8 Å². The van der Waals surface area contributed by atoms with Gasteiger partial charge in [-0.05, 0) is 53.8 Å². The van der Waals surface area contributed by atoms with E-state index in [-0.39, 0.29) is 6.61 Å². The number of hydrogen-bond acceptors (Lipinski definition) is 5. The lowest BCUT2D eigenvalue weighted by atomic mass is 9.95. The number of fused-ring (bicyclic) bond motifs is 1. The SMILES string of the molecule is COCc1ccc(C(=O)OCc2cc(=O)oc3cc(C)c(C(C)C)cc23)cc1. The first-order chi connectivity index (χ1) is 13.4. The monoisotopic (exact) mass is 380 g/mol. The van der Waals surface area contributed by atoms with E-state index >= 15 is 0 Å². The molecule has 0 saturated carbocycles. The highest BCUT2D eigenvalue weighted by atomic mass is 16.5. The fraction of sp³-hybridized carbons (Fsp3) is 0.304. The van der Waals surface area contributed by atoms with Crippen molar-refractivity contribution in [2.45, 2.75) is 39.9 Å². The quantitative estimate of drug-likeness (QED) is 0.457. The van der Waals surface area contributed by atoms with Gasteiger partial charge in [-0.15, -0.1) is 0 Å². The van der Waals surface area contributed by atoms with Crippen molar-refractivity contribution in [2.24, 2.45) is 0 Å². The number of ether oxygens (including phenoxy) is 2. The summed E-state index contributed by atoms with van der Waals surface area (Å²) in [6.07, 6.45) is 0. The Hall–Kier alpha value is -2.92. The molecule has 0 saturated heterocycles. The molecule has 5 heteroatoms. The van der Waals surface area contributed by atoms with Gasteiger partial charge in [0.05, 0.1) is 12.2 Å². The molecule has 0 fully saturated rings. The molecular formula is C23H24O5. The Labute approximate surface area is 163 Å². The summed E-state index contributed by atoms with van der Waals surface area (Å²) in [5, 5.41) is 0.789. The van der Waals surface area contributed by atoms with Crippen LogP contribution in [0.2, 0.25) is 0 Å². The van der Waals surface area contributed by atoms with Crippen LogP contribution in [0.25, 0.3) is 11.0 Å². The van der Waals surface area contributed by atoms with Crippen LogP contribution in [-0.4, -0.2) is 13.1 Å². The van der Waals surface area contributed by atoms with Gasteiger partial charge in [-0.3, -0.25) is 0 Å². The summed E-state index contributed by atoms with van der Waals surface area (Å²) < 4.78 is 15.9. The zero-order valence-corrected chi connectivity index (χ0v) is 16.6. The molecule has 28 heavy (non-hydrogen) atoms. The van der Waals surface area contributed by atoms with Gasteiger partial charge in [-0.25, -0.2) is 9.59 Å². The van der Waals surface area contributed by atoms with E-state index < -0.39 is 11.6 Å². The van der Waals surface area contributed by atoms with E-state index in [4.69, 9.17) is 13.9 Å². The lowest BCUT2D eigenvalue weighted by molar-refractivity contribution is 0.0473. The molecule has 146 valence electrons. The molecule has 0 N–H and O–H groups in total. The Morgan fingerprint density at radius 1 is 1.07 bits per heavy atom. The van der Waals surface area contributed by atoms with Gasteiger partial charge in [0.1, 0.15) is 12.2 Å². The topological polar surface area (TPSA) is 65.7 Å². The Bertz CT molecular complexity index is 1050. The zero-order chi connectivity index (χ0) is 20.3. The molecule has 0 atom stereocenters. The maximum atomic E-state index is 12.4. The van der Waals surface area contributed by atoms with Crippen LogP contribution >= 0.6 is 0 Å². The van der Waals surface area contributed by atoms with Gasteiger partial charge in [0.25, 0.3) is 0 Å². The molecule has 1 aromatic heterocycles. The van der Waals surface area contributed by atoms with Gasteiger partial charge < -0.3 is 13.9 Å². The second kappa shape index (κ2) is 8.40. The number of methoxy groups -OCH3 is 1. The van der Waals surface area contributed by atoms with Gasteiger partial charge in [-0.1, -0.05) is 26.0 Å². The second-order valence-electron chi connectivity index (χ2n) is 7.16. The predicted molar refractivity (Wildman–Crippen MR) is 108 cm³/mol. The fourth-order valence-electron chi connectivity index (χ4n) is 3.26. The molecule has 0 amide bonds. The van der Waals surface area contributed by atoms with Crippen LogP contribution in [0.4, 0.5) is 0 Å². The number of carbonyl (C=O) groups is 1. The average Bonchev–Trinajstić information content (AvgIpc) is 2.65. The molecule has 1 heterocycles. The van der Waals surface area contributed by atoms with Gasteiger partial charge in [-0.2, -0.15) is 0 Å². The number of esters is 1. The number of benzene rings is 2. The smallest absolute Gasteiger partial charge is 0.338 e. The molecular weight excluding hydrogens is 356 g/mol. The summed E-state index contributed by atoms with van der Waals surface area (Å²) in [5.41, 5.74) is 4.34. The van der Waals surface area contributed by atoms with Gasteiger partial charge in [0.2, 0.25) is 0 Å². The van der Waals surface area contributed by atoms with Crippen LogP contribution in [0, 0.1) is 6.92 Å². The molecule has 0 spiro atoms. The minimum atomic E-state index is -0.459. The third-order valence-corrected chi connectivity index (χ3v) is 4.70. The minimum absolute atomic E-state index is 0.00134. The first-order valence-corrected chi connectivity index (χ1v) is 9.21. The molecule has 3 aromatic rings. The Kier molecular flexibility index (Phi) is 5.95. The number of hydrogen-bond donors (Lipinski definition) is 0. The van der Waals surface area contributed by atoms with Gasteiger partial charge in [0.15, 0.2) is 0 Å². The van der Waals surface area contributed by atoms with Crippen molar-refractivity contribution in [3.8, 4) is 0 Å². The molecule has 0 aliphatic heterocycles. The molecule has 5 nitrogen and oxygen atoms in total. The third-order valence-electron chi connectivity index (χ3n) is 4.70. The number of rotatable bonds is 6. The predicted octanol–water partition coefficient (Wildman–Crippen LogP) is 4.73. The van der Waals surface area contributed by atoms with Crippen molar-refractivity contribution < 1.29 is 18.7 Å². The van der Waals surface area contributed by atoms with Crippen molar-refractivity contribution >= 4 is 16.9 Å².